The summed E-state index contributed by atoms with van der Waals surface area (Å²) in [7, 11) is 0. The topological polar surface area (TPSA) is 17.1 Å². The van der Waals surface area contributed by atoms with E-state index in [2.05, 4.69) is 15.9 Å². The van der Waals surface area contributed by atoms with Gasteiger partial charge < -0.3 is 0 Å². The van der Waals surface area contributed by atoms with Crippen LogP contribution in [0.15, 0.2) is 16.6 Å². The van der Waals surface area contributed by atoms with E-state index in [9.17, 15) is 4.79 Å². The predicted octanol–water partition coefficient (Wildman–Crippen LogP) is 3.88. The molecule has 0 aromatic heterocycles. The van der Waals surface area contributed by atoms with E-state index in [1.807, 2.05) is 26.0 Å². The lowest BCUT2D eigenvalue weighted by Crippen LogP contribution is -2.03. The molecule has 0 atom stereocenters. The van der Waals surface area contributed by atoms with Gasteiger partial charge >= 0.3 is 0 Å². The maximum atomic E-state index is 11.6. The summed E-state index contributed by atoms with van der Waals surface area (Å²) >= 11 is 8.97. The van der Waals surface area contributed by atoms with Crippen LogP contribution >= 0.6 is 27.5 Å². The third kappa shape index (κ3) is 2.58. The second-order valence-corrected chi connectivity index (χ2v) is 4.51. The number of halogens is 2. The van der Waals surface area contributed by atoms with Gasteiger partial charge in [0, 0.05) is 22.3 Å². The van der Waals surface area contributed by atoms with Gasteiger partial charge in [-0.05, 0) is 37.1 Å². The standard InChI is InChI=1S/C11H12BrClO/c1-7-6-10(12)8(2)5-9(7)11(14)3-4-13/h5-6H,3-4H2,1-2H3. The lowest BCUT2D eigenvalue weighted by atomic mass is 10.0. The minimum absolute atomic E-state index is 0.119. The highest BCUT2D eigenvalue weighted by Gasteiger charge is 2.10. The molecule has 0 saturated carbocycles. The van der Waals surface area contributed by atoms with E-state index in [1.165, 1.54) is 0 Å². The summed E-state index contributed by atoms with van der Waals surface area (Å²) in [5, 5.41) is 0. The van der Waals surface area contributed by atoms with Crippen LogP contribution in [0.1, 0.15) is 27.9 Å². The molecule has 0 bridgehead atoms. The van der Waals surface area contributed by atoms with E-state index < -0.39 is 0 Å². The summed E-state index contributed by atoms with van der Waals surface area (Å²) in [6.45, 7) is 3.91. The molecule has 1 aromatic rings. The van der Waals surface area contributed by atoms with Gasteiger partial charge in [0.25, 0.3) is 0 Å². The van der Waals surface area contributed by atoms with Crippen LogP contribution in [0.5, 0.6) is 0 Å². The van der Waals surface area contributed by atoms with Gasteiger partial charge in [0.2, 0.25) is 0 Å². The van der Waals surface area contributed by atoms with Gasteiger partial charge in [-0.25, -0.2) is 0 Å². The Balaban J connectivity index is 3.09. The zero-order valence-electron chi connectivity index (χ0n) is 8.23. The highest BCUT2D eigenvalue weighted by Crippen LogP contribution is 2.22. The largest absolute Gasteiger partial charge is 0.294 e. The molecule has 0 aliphatic heterocycles. The number of hydrogen-bond acceptors (Lipinski definition) is 1. The number of rotatable bonds is 3. The van der Waals surface area contributed by atoms with Gasteiger partial charge in [-0.3, -0.25) is 4.79 Å². The van der Waals surface area contributed by atoms with Crippen LogP contribution < -0.4 is 0 Å². The molecule has 0 aliphatic rings. The summed E-state index contributed by atoms with van der Waals surface area (Å²) < 4.78 is 1.04. The Labute approximate surface area is 97.6 Å². The highest BCUT2D eigenvalue weighted by molar-refractivity contribution is 9.10. The number of carbonyl (C=O) groups is 1. The maximum absolute atomic E-state index is 11.6. The first-order valence-corrected chi connectivity index (χ1v) is 5.75. The molecule has 1 nitrogen and oxygen atoms in total. The van der Waals surface area contributed by atoms with Crippen molar-refractivity contribution >= 4 is 33.3 Å². The fourth-order valence-corrected chi connectivity index (χ4v) is 1.93. The third-order valence-electron chi connectivity index (χ3n) is 2.13. The Morgan fingerprint density at radius 1 is 1.36 bits per heavy atom. The van der Waals surface area contributed by atoms with Crippen LogP contribution in [0, 0.1) is 13.8 Å². The number of benzene rings is 1. The molecule has 0 saturated heterocycles. The SMILES string of the molecule is Cc1cc(C(=O)CCCl)c(C)cc1Br. The zero-order valence-corrected chi connectivity index (χ0v) is 10.6. The minimum atomic E-state index is 0.119. The molecule has 0 radical (unpaired) electrons. The predicted molar refractivity (Wildman–Crippen MR) is 63.3 cm³/mol. The molecule has 3 heteroatoms. The van der Waals surface area contributed by atoms with E-state index in [4.69, 9.17) is 11.6 Å². The van der Waals surface area contributed by atoms with Crippen molar-refractivity contribution < 1.29 is 4.79 Å². The number of aryl methyl sites for hydroxylation is 2. The Morgan fingerprint density at radius 2 is 2.00 bits per heavy atom. The molecule has 0 spiro atoms. The normalized spacial score (nSPS) is 10.3. The quantitative estimate of drug-likeness (QED) is 0.604. The fourth-order valence-electron chi connectivity index (χ4n) is 1.30. The summed E-state index contributed by atoms with van der Waals surface area (Å²) in [5.41, 5.74) is 2.86. The first-order valence-electron chi connectivity index (χ1n) is 4.42. The van der Waals surface area contributed by atoms with Crippen molar-refractivity contribution in [1.82, 2.24) is 0 Å². The summed E-state index contributed by atoms with van der Waals surface area (Å²) in [6, 6.07) is 3.88. The molecule has 0 heterocycles. The Morgan fingerprint density at radius 3 is 2.57 bits per heavy atom. The Kier molecular flexibility index (Phi) is 4.14. The first kappa shape index (κ1) is 11.7. The number of hydrogen-bond donors (Lipinski definition) is 0. The molecular formula is C11H12BrClO. The van der Waals surface area contributed by atoms with Gasteiger partial charge in [-0.1, -0.05) is 15.9 Å². The highest BCUT2D eigenvalue weighted by atomic mass is 79.9. The van der Waals surface area contributed by atoms with Gasteiger partial charge in [0.1, 0.15) is 0 Å². The second kappa shape index (κ2) is 4.94. The second-order valence-electron chi connectivity index (χ2n) is 3.28. The van der Waals surface area contributed by atoms with Crippen molar-refractivity contribution in [3.63, 3.8) is 0 Å². The smallest absolute Gasteiger partial charge is 0.164 e. The fraction of sp³-hybridized carbons (Fsp3) is 0.364. The number of carbonyl (C=O) groups excluding carboxylic acids is 1. The van der Waals surface area contributed by atoms with Crippen LogP contribution in [0.2, 0.25) is 0 Å². The van der Waals surface area contributed by atoms with E-state index in [-0.39, 0.29) is 5.78 Å². The lowest BCUT2D eigenvalue weighted by molar-refractivity contribution is 0.0988. The molecule has 76 valence electrons. The number of Topliss-reactive ketones (excluding diaryl/α,β-unsaturated/α-hetero) is 1. The van der Waals surface area contributed by atoms with Crippen LogP contribution in [-0.4, -0.2) is 11.7 Å². The van der Waals surface area contributed by atoms with Crippen molar-refractivity contribution in [3.8, 4) is 0 Å². The summed E-state index contributed by atoms with van der Waals surface area (Å²) in [5.74, 6) is 0.501. The van der Waals surface area contributed by atoms with Crippen molar-refractivity contribution in [2.24, 2.45) is 0 Å². The van der Waals surface area contributed by atoms with Crippen LogP contribution in [0.25, 0.3) is 0 Å². The van der Waals surface area contributed by atoms with E-state index in [0.717, 1.165) is 21.2 Å². The summed E-state index contributed by atoms with van der Waals surface area (Å²) in [6.07, 6.45) is 0.406. The molecule has 0 aliphatic carbocycles. The van der Waals surface area contributed by atoms with Crippen LogP contribution in [0.3, 0.4) is 0 Å². The van der Waals surface area contributed by atoms with Gasteiger partial charge in [-0.15, -0.1) is 11.6 Å². The molecule has 0 amide bonds. The van der Waals surface area contributed by atoms with Crippen molar-refractivity contribution in [2.45, 2.75) is 20.3 Å². The van der Waals surface area contributed by atoms with Crippen LogP contribution in [0.4, 0.5) is 0 Å². The lowest BCUT2D eigenvalue weighted by Gasteiger charge is -2.07. The van der Waals surface area contributed by atoms with Gasteiger partial charge in [-0.2, -0.15) is 0 Å². The number of ketones is 1. The first-order chi connectivity index (χ1) is 6.56. The Hall–Kier alpha value is -0.340. The van der Waals surface area contributed by atoms with Crippen molar-refractivity contribution in [3.05, 3.63) is 33.3 Å². The average molecular weight is 276 g/mol. The van der Waals surface area contributed by atoms with Gasteiger partial charge in [0.05, 0.1) is 0 Å². The minimum Gasteiger partial charge on any atom is -0.294 e. The van der Waals surface area contributed by atoms with Crippen molar-refractivity contribution in [2.75, 3.05) is 5.88 Å². The monoisotopic (exact) mass is 274 g/mol. The average Bonchev–Trinajstić information content (AvgIpc) is 2.11. The van der Waals surface area contributed by atoms with E-state index >= 15 is 0 Å². The zero-order chi connectivity index (χ0) is 10.7. The molecule has 1 rings (SSSR count). The molecule has 14 heavy (non-hydrogen) atoms. The molecular weight excluding hydrogens is 263 g/mol. The number of alkyl halides is 1. The molecule has 0 N–H and O–H groups in total. The van der Waals surface area contributed by atoms with E-state index in [0.29, 0.717) is 12.3 Å². The Bertz CT molecular complexity index is 361. The maximum Gasteiger partial charge on any atom is 0.164 e. The molecule has 1 aromatic carbocycles. The molecule has 0 unspecified atom stereocenters. The third-order valence-corrected chi connectivity index (χ3v) is 3.17. The van der Waals surface area contributed by atoms with Crippen molar-refractivity contribution in [1.29, 1.82) is 0 Å². The summed E-state index contributed by atoms with van der Waals surface area (Å²) in [4.78, 5) is 11.6. The van der Waals surface area contributed by atoms with E-state index in [1.54, 1.807) is 0 Å². The van der Waals surface area contributed by atoms with Crippen LogP contribution in [-0.2, 0) is 0 Å². The molecule has 0 fully saturated rings. The van der Waals surface area contributed by atoms with Gasteiger partial charge in [0.15, 0.2) is 5.78 Å².